The summed E-state index contributed by atoms with van der Waals surface area (Å²) in [7, 11) is 0. The molecule has 0 saturated heterocycles. The van der Waals surface area contributed by atoms with Crippen LogP contribution in [0.3, 0.4) is 0 Å². The Morgan fingerprint density at radius 3 is 2.94 bits per heavy atom. The molecular formula is C11H19N3O2. The molecule has 16 heavy (non-hydrogen) atoms. The molecule has 2 unspecified atom stereocenters. The topological polar surface area (TPSA) is 71.2 Å². The van der Waals surface area contributed by atoms with Crippen molar-refractivity contribution in [3.8, 4) is 0 Å². The Hall–Kier alpha value is -0.940. The second-order valence-corrected chi connectivity index (χ2v) is 4.42. The smallest absolute Gasteiger partial charge is 0.223 e. The van der Waals surface area contributed by atoms with Crippen molar-refractivity contribution >= 4 is 0 Å². The van der Waals surface area contributed by atoms with Gasteiger partial charge in [0.05, 0.1) is 12.6 Å². The molecule has 0 radical (unpaired) electrons. The predicted molar refractivity (Wildman–Crippen MR) is 58.8 cm³/mol. The van der Waals surface area contributed by atoms with Crippen LogP contribution in [0.2, 0.25) is 0 Å². The Morgan fingerprint density at radius 1 is 1.38 bits per heavy atom. The molecule has 0 aromatic carbocycles. The van der Waals surface area contributed by atoms with E-state index in [4.69, 9.17) is 4.52 Å². The van der Waals surface area contributed by atoms with Gasteiger partial charge in [-0.15, -0.1) is 0 Å². The first-order valence-electron chi connectivity index (χ1n) is 5.96. The molecule has 0 aliphatic heterocycles. The van der Waals surface area contributed by atoms with Gasteiger partial charge in [-0.3, -0.25) is 0 Å². The van der Waals surface area contributed by atoms with E-state index in [1.54, 1.807) is 6.92 Å². The first-order chi connectivity index (χ1) is 7.75. The van der Waals surface area contributed by atoms with Crippen molar-refractivity contribution < 1.29 is 9.63 Å². The quantitative estimate of drug-likeness (QED) is 0.755. The first kappa shape index (κ1) is 11.5. The average Bonchev–Trinajstić information content (AvgIpc) is 2.56. The third kappa shape index (κ3) is 3.02. The second-order valence-electron chi connectivity index (χ2n) is 4.42. The Labute approximate surface area is 95.2 Å². The van der Waals surface area contributed by atoms with Crippen LogP contribution in [-0.2, 0) is 6.54 Å². The normalized spacial score (nSPS) is 26.6. The third-order valence-corrected chi connectivity index (χ3v) is 3.07. The van der Waals surface area contributed by atoms with Crippen molar-refractivity contribution in [1.82, 2.24) is 15.5 Å². The van der Waals surface area contributed by atoms with Crippen LogP contribution in [0.4, 0.5) is 0 Å². The number of aliphatic hydroxyl groups excluding tert-OH is 1. The summed E-state index contributed by atoms with van der Waals surface area (Å²) in [5.41, 5.74) is 0. The van der Waals surface area contributed by atoms with Crippen LogP contribution in [0, 0.1) is 6.92 Å². The number of aliphatic hydroxyl groups is 1. The van der Waals surface area contributed by atoms with Crippen molar-refractivity contribution in [3.05, 3.63) is 11.7 Å². The number of hydrogen-bond acceptors (Lipinski definition) is 5. The van der Waals surface area contributed by atoms with Crippen LogP contribution in [0.1, 0.15) is 43.8 Å². The highest BCUT2D eigenvalue weighted by molar-refractivity contribution is 4.86. The summed E-state index contributed by atoms with van der Waals surface area (Å²) in [4.78, 5) is 4.12. The first-order valence-corrected chi connectivity index (χ1v) is 5.96. The van der Waals surface area contributed by atoms with Gasteiger partial charge < -0.3 is 14.9 Å². The summed E-state index contributed by atoms with van der Waals surface area (Å²) in [5, 5.41) is 17.0. The highest BCUT2D eigenvalue weighted by Gasteiger charge is 2.21. The van der Waals surface area contributed by atoms with E-state index in [0.29, 0.717) is 18.3 Å². The van der Waals surface area contributed by atoms with E-state index >= 15 is 0 Å². The largest absolute Gasteiger partial charge is 0.392 e. The number of hydrogen-bond donors (Lipinski definition) is 2. The maximum absolute atomic E-state index is 9.91. The SMILES string of the molecule is Cc1nc(CNC2CCCCCC2O)no1. The zero-order valence-electron chi connectivity index (χ0n) is 9.65. The minimum Gasteiger partial charge on any atom is -0.392 e. The van der Waals surface area contributed by atoms with E-state index in [1.807, 2.05) is 0 Å². The molecule has 1 saturated carbocycles. The summed E-state index contributed by atoms with van der Waals surface area (Å²) in [6.45, 7) is 2.34. The molecular weight excluding hydrogens is 206 g/mol. The molecule has 90 valence electrons. The van der Waals surface area contributed by atoms with Crippen molar-refractivity contribution in [3.63, 3.8) is 0 Å². The molecule has 2 atom stereocenters. The number of nitrogens with one attached hydrogen (secondary N) is 1. The highest BCUT2D eigenvalue weighted by atomic mass is 16.5. The molecule has 2 rings (SSSR count). The van der Waals surface area contributed by atoms with E-state index in [1.165, 1.54) is 12.8 Å². The van der Waals surface area contributed by atoms with Gasteiger partial charge in [0.2, 0.25) is 5.89 Å². The van der Waals surface area contributed by atoms with E-state index < -0.39 is 0 Å². The van der Waals surface area contributed by atoms with Crippen molar-refractivity contribution in [2.45, 2.75) is 57.7 Å². The molecule has 1 aromatic rings. The molecule has 1 heterocycles. The lowest BCUT2D eigenvalue weighted by Crippen LogP contribution is -2.38. The molecule has 1 aliphatic carbocycles. The molecule has 1 aliphatic rings. The fourth-order valence-corrected chi connectivity index (χ4v) is 2.16. The Bertz CT molecular complexity index is 327. The summed E-state index contributed by atoms with van der Waals surface area (Å²) in [6, 6.07) is 0.168. The average molecular weight is 225 g/mol. The molecule has 2 N–H and O–H groups in total. The van der Waals surface area contributed by atoms with Gasteiger partial charge in [-0.25, -0.2) is 0 Å². The Morgan fingerprint density at radius 2 is 2.19 bits per heavy atom. The van der Waals surface area contributed by atoms with E-state index in [0.717, 1.165) is 19.3 Å². The van der Waals surface area contributed by atoms with Crippen molar-refractivity contribution in [1.29, 1.82) is 0 Å². The van der Waals surface area contributed by atoms with Gasteiger partial charge in [-0.05, 0) is 12.8 Å². The number of nitrogens with zero attached hydrogens (tertiary/aromatic N) is 2. The monoisotopic (exact) mass is 225 g/mol. The minimum atomic E-state index is -0.240. The highest BCUT2D eigenvalue weighted by Crippen LogP contribution is 2.18. The molecule has 1 aromatic heterocycles. The summed E-state index contributed by atoms with van der Waals surface area (Å²) in [6.07, 6.45) is 5.20. The third-order valence-electron chi connectivity index (χ3n) is 3.07. The number of aryl methyl sites for hydroxylation is 1. The lowest BCUT2D eigenvalue weighted by atomic mass is 10.1. The molecule has 0 amide bonds. The van der Waals surface area contributed by atoms with E-state index in [-0.39, 0.29) is 12.1 Å². The number of rotatable bonds is 3. The molecule has 5 heteroatoms. The number of aromatic nitrogens is 2. The van der Waals surface area contributed by atoms with Gasteiger partial charge in [0.1, 0.15) is 0 Å². The van der Waals surface area contributed by atoms with E-state index in [2.05, 4.69) is 15.5 Å². The van der Waals surface area contributed by atoms with Gasteiger partial charge >= 0.3 is 0 Å². The van der Waals surface area contributed by atoms with Crippen molar-refractivity contribution in [2.75, 3.05) is 0 Å². The maximum atomic E-state index is 9.91. The summed E-state index contributed by atoms with van der Waals surface area (Å²) >= 11 is 0. The van der Waals surface area contributed by atoms with Gasteiger partial charge in [0.15, 0.2) is 5.82 Å². The van der Waals surface area contributed by atoms with Gasteiger partial charge in [-0.2, -0.15) is 4.98 Å². The van der Waals surface area contributed by atoms with Gasteiger partial charge in [-0.1, -0.05) is 24.4 Å². The Kier molecular flexibility index (Phi) is 3.90. The zero-order chi connectivity index (χ0) is 11.4. The van der Waals surface area contributed by atoms with Crippen LogP contribution in [0.25, 0.3) is 0 Å². The molecule has 0 bridgehead atoms. The Balaban J connectivity index is 1.83. The van der Waals surface area contributed by atoms with Crippen LogP contribution < -0.4 is 5.32 Å². The van der Waals surface area contributed by atoms with Crippen LogP contribution in [0.15, 0.2) is 4.52 Å². The minimum absolute atomic E-state index is 0.168. The lowest BCUT2D eigenvalue weighted by molar-refractivity contribution is 0.119. The fraction of sp³-hybridized carbons (Fsp3) is 0.818. The maximum Gasteiger partial charge on any atom is 0.223 e. The molecule has 0 spiro atoms. The van der Waals surface area contributed by atoms with Crippen LogP contribution in [-0.4, -0.2) is 27.4 Å². The molecule has 1 fully saturated rings. The van der Waals surface area contributed by atoms with Gasteiger partial charge in [0, 0.05) is 13.0 Å². The lowest BCUT2D eigenvalue weighted by Gasteiger charge is -2.20. The molecule has 5 nitrogen and oxygen atoms in total. The standard InChI is InChI=1S/C11H19N3O2/c1-8-13-11(14-16-8)7-12-9-5-3-2-4-6-10(9)15/h9-10,12,15H,2-7H2,1H3. The van der Waals surface area contributed by atoms with E-state index in [9.17, 15) is 5.11 Å². The van der Waals surface area contributed by atoms with Crippen LogP contribution >= 0.6 is 0 Å². The zero-order valence-corrected chi connectivity index (χ0v) is 9.65. The van der Waals surface area contributed by atoms with Crippen LogP contribution in [0.5, 0.6) is 0 Å². The fourth-order valence-electron chi connectivity index (χ4n) is 2.16. The predicted octanol–water partition coefficient (Wildman–Crippen LogP) is 1.16. The second kappa shape index (κ2) is 5.41. The summed E-state index contributed by atoms with van der Waals surface area (Å²) in [5.74, 6) is 1.24. The van der Waals surface area contributed by atoms with Gasteiger partial charge in [0.25, 0.3) is 0 Å². The van der Waals surface area contributed by atoms with Crippen molar-refractivity contribution in [2.24, 2.45) is 0 Å². The summed E-state index contributed by atoms with van der Waals surface area (Å²) < 4.78 is 4.89.